The lowest BCUT2D eigenvalue weighted by atomic mass is 10.0. The number of rotatable bonds is 7. The zero-order valence-electron chi connectivity index (χ0n) is 17.4. The second-order valence-electron chi connectivity index (χ2n) is 7.60. The molecule has 0 radical (unpaired) electrons. The molecule has 2 aromatic heterocycles. The first-order valence-corrected chi connectivity index (χ1v) is 10.9. The number of benzene rings is 1. The molecule has 4 N–H and O–H groups in total. The highest BCUT2D eigenvalue weighted by molar-refractivity contribution is 6.40. The minimum absolute atomic E-state index is 0.00280. The van der Waals surface area contributed by atoms with E-state index >= 15 is 0 Å². The monoisotopic (exact) mass is 504 g/mol. The SMILES string of the molecule is O=C(Nc1ccc(C[C@H](NC(=O)[C@@H]2CCc3n[nH]c(=O)n32)C(=O)O)cc1)c1c(Cl)cncc1Cl. The summed E-state index contributed by atoms with van der Waals surface area (Å²) >= 11 is 12.0. The molecule has 1 aliphatic heterocycles. The van der Waals surface area contributed by atoms with E-state index in [4.69, 9.17) is 23.2 Å². The van der Waals surface area contributed by atoms with E-state index in [1.54, 1.807) is 24.3 Å². The summed E-state index contributed by atoms with van der Waals surface area (Å²) in [5.74, 6) is -1.84. The number of nitrogens with one attached hydrogen (secondary N) is 3. The molecule has 34 heavy (non-hydrogen) atoms. The number of aromatic nitrogens is 4. The van der Waals surface area contributed by atoms with E-state index in [1.165, 1.54) is 17.0 Å². The van der Waals surface area contributed by atoms with Gasteiger partial charge in [0.1, 0.15) is 17.9 Å². The first kappa shape index (κ1) is 23.5. The van der Waals surface area contributed by atoms with E-state index in [0.29, 0.717) is 29.9 Å². The number of aromatic amines is 1. The number of halogens is 2. The second kappa shape index (κ2) is 9.65. The first-order chi connectivity index (χ1) is 16.2. The van der Waals surface area contributed by atoms with Gasteiger partial charge >= 0.3 is 11.7 Å². The fourth-order valence-electron chi connectivity index (χ4n) is 3.73. The van der Waals surface area contributed by atoms with Gasteiger partial charge in [-0.2, -0.15) is 5.10 Å². The number of hydrogen-bond donors (Lipinski definition) is 4. The van der Waals surface area contributed by atoms with Crippen molar-refractivity contribution in [2.75, 3.05) is 5.32 Å². The molecule has 176 valence electrons. The zero-order valence-corrected chi connectivity index (χ0v) is 18.9. The highest BCUT2D eigenvalue weighted by Crippen LogP contribution is 2.25. The van der Waals surface area contributed by atoms with Crippen molar-refractivity contribution < 1.29 is 19.5 Å². The van der Waals surface area contributed by atoms with E-state index in [0.717, 1.165) is 0 Å². The fourth-order valence-corrected chi connectivity index (χ4v) is 4.26. The Bertz CT molecular complexity index is 1300. The highest BCUT2D eigenvalue weighted by Gasteiger charge is 2.33. The number of H-pyrrole nitrogens is 1. The van der Waals surface area contributed by atoms with E-state index < -0.39 is 35.6 Å². The maximum atomic E-state index is 12.7. The molecule has 3 aromatic rings. The minimum atomic E-state index is -1.22. The summed E-state index contributed by atoms with van der Waals surface area (Å²) < 4.78 is 1.24. The van der Waals surface area contributed by atoms with Crippen molar-refractivity contribution in [2.45, 2.75) is 31.3 Å². The maximum absolute atomic E-state index is 12.7. The molecular weight excluding hydrogens is 487 g/mol. The van der Waals surface area contributed by atoms with Crippen LogP contribution >= 0.6 is 23.2 Å². The molecular formula is C21H18Cl2N6O5. The van der Waals surface area contributed by atoms with Gasteiger partial charge in [0.05, 0.1) is 15.6 Å². The van der Waals surface area contributed by atoms with Gasteiger partial charge in [-0.25, -0.2) is 14.7 Å². The Labute approximate surface area is 202 Å². The van der Waals surface area contributed by atoms with Crippen LogP contribution in [0.25, 0.3) is 0 Å². The Morgan fingerprint density at radius 1 is 1.18 bits per heavy atom. The van der Waals surface area contributed by atoms with Gasteiger partial charge in [-0.15, -0.1) is 0 Å². The van der Waals surface area contributed by atoms with Gasteiger partial charge in [-0.05, 0) is 24.1 Å². The number of aryl methyl sites for hydroxylation is 1. The number of carboxylic acids is 1. The molecule has 0 aliphatic carbocycles. The van der Waals surface area contributed by atoms with Crippen LogP contribution in [0.15, 0.2) is 41.5 Å². The third kappa shape index (κ3) is 4.80. The molecule has 2 amide bonds. The Kier molecular flexibility index (Phi) is 6.66. The molecule has 0 saturated heterocycles. The molecule has 13 heteroatoms. The van der Waals surface area contributed by atoms with Crippen molar-refractivity contribution in [3.8, 4) is 0 Å². The number of pyridine rings is 1. The van der Waals surface area contributed by atoms with Gasteiger partial charge in [0.15, 0.2) is 0 Å². The number of carbonyl (C=O) groups excluding carboxylic acids is 2. The van der Waals surface area contributed by atoms with Gasteiger partial charge in [-0.3, -0.25) is 19.1 Å². The van der Waals surface area contributed by atoms with Gasteiger partial charge in [0.2, 0.25) is 5.91 Å². The third-order valence-electron chi connectivity index (χ3n) is 5.38. The van der Waals surface area contributed by atoms with Crippen molar-refractivity contribution >= 4 is 46.7 Å². The van der Waals surface area contributed by atoms with Crippen LogP contribution < -0.4 is 16.3 Å². The Morgan fingerprint density at radius 3 is 2.50 bits per heavy atom. The summed E-state index contributed by atoms with van der Waals surface area (Å²) in [4.78, 5) is 52.6. The van der Waals surface area contributed by atoms with Crippen molar-refractivity contribution in [2.24, 2.45) is 0 Å². The number of nitrogens with zero attached hydrogens (tertiary/aromatic N) is 3. The largest absolute Gasteiger partial charge is 0.480 e. The van der Waals surface area contributed by atoms with Gasteiger partial charge in [0.25, 0.3) is 5.91 Å². The van der Waals surface area contributed by atoms with Crippen LogP contribution in [0.5, 0.6) is 0 Å². The van der Waals surface area contributed by atoms with Crippen LogP contribution in [-0.2, 0) is 22.4 Å². The summed E-state index contributed by atoms with van der Waals surface area (Å²) in [6.45, 7) is 0. The van der Waals surface area contributed by atoms with Gasteiger partial charge in [0, 0.05) is 30.9 Å². The Morgan fingerprint density at radius 2 is 1.85 bits per heavy atom. The normalized spacial score (nSPS) is 15.4. The average molecular weight is 505 g/mol. The molecule has 0 bridgehead atoms. The number of anilines is 1. The number of hydrogen-bond acceptors (Lipinski definition) is 6. The molecule has 2 atom stereocenters. The summed E-state index contributed by atoms with van der Waals surface area (Å²) in [6, 6.07) is 4.40. The topological polar surface area (TPSA) is 159 Å². The molecule has 1 aliphatic rings. The lowest BCUT2D eigenvalue weighted by Crippen LogP contribution is -2.45. The smallest absolute Gasteiger partial charge is 0.344 e. The summed E-state index contributed by atoms with van der Waals surface area (Å²) in [5.41, 5.74) is 0.624. The number of carboxylic acid groups (broad SMARTS) is 1. The minimum Gasteiger partial charge on any atom is -0.480 e. The van der Waals surface area contributed by atoms with Crippen LogP contribution in [0.2, 0.25) is 10.0 Å². The zero-order chi connectivity index (χ0) is 24.4. The number of aliphatic carboxylic acids is 1. The molecule has 0 spiro atoms. The molecule has 4 rings (SSSR count). The van der Waals surface area contributed by atoms with Crippen LogP contribution in [0, 0.1) is 0 Å². The lowest BCUT2D eigenvalue weighted by molar-refractivity contribution is -0.142. The van der Waals surface area contributed by atoms with E-state index in [1.807, 2.05) is 0 Å². The van der Waals surface area contributed by atoms with Crippen LogP contribution in [0.1, 0.15) is 34.2 Å². The molecule has 0 fully saturated rings. The summed E-state index contributed by atoms with van der Waals surface area (Å²) in [5, 5.41) is 21.1. The molecule has 0 unspecified atom stereocenters. The molecule has 0 saturated carbocycles. The Hall–Kier alpha value is -3.70. The standard InChI is InChI=1S/C21H18Cl2N6O5/c22-12-8-24-9-13(23)17(12)19(31)25-11-3-1-10(2-4-11)7-14(20(32)33)26-18(30)15-5-6-16-27-28-21(34)29(15)16/h1-4,8-9,14-15H,5-7H2,(H,25,31)(H,26,30)(H,28,34)(H,32,33)/t14-,15-/m0/s1. The van der Waals surface area contributed by atoms with Gasteiger partial charge < -0.3 is 15.7 Å². The number of fused-ring (bicyclic) bond motifs is 1. The molecule has 11 nitrogen and oxygen atoms in total. The van der Waals surface area contributed by atoms with Crippen molar-refractivity contribution in [1.29, 1.82) is 0 Å². The third-order valence-corrected chi connectivity index (χ3v) is 5.95. The van der Waals surface area contributed by atoms with Crippen LogP contribution in [-0.4, -0.2) is 48.7 Å². The second-order valence-corrected chi connectivity index (χ2v) is 8.42. The predicted molar refractivity (Wildman–Crippen MR) is 122 cm³/mol. The van der Waals surface area contributed by atoms with Crippen LogP contribution in [0.3, 0.4) is 0 Å². The van der Waals surface area contributed by atoms with Crippen molar-refractivity contribution in [3.05, 3.63) is 74.1 Å². The van der Waals surface area contributed by atoms with E-state index in [9.17, 15) is 24.3 Å². The molecule has 3 heterocycles. The van der Waals surface area contributed by atoms with Crippen molar-refractivity contribution in [3.63, 3.8) is 0 Å². The Balaban J connectivity index is 1.41. The average Bonchev–Trinajstić information content (AvgIpc) is 3.37. The molecule has 1 aromatic carbocycles. The fraction of sp³-hybridized carbons (Fsp3) is 0.238. The summed E-state index contributed by atoms with van der Waals surface area (Å²) in [6.07, 6.45) is 3.42. The first-order valence-electron chi connectivity index (χ1n) is 10.1. The van der Waals surface area contributed by atoms with Crippen LogP contribution in [0.4, 0.5) is 5.69 Å². The predicted octanol–water partition coefficient (Wildman–Crippen LogP) is 1.82. The quantitative estimate of drug-likeness (QED) is 0.381. The maximum Gasteiger partial charge on any atom is 0.344 e. The summed E-state index contributed by atoms with van der Waals surface area (Å²) in [7, 11) is 0. The van der Waals surface area contributed by atoms with E-state index in [-0.39, 0.29) is 22.0 Å². The van der Waals surface area contributed by atoms with E-state index in [2.05, 4.69) is 25.8 Å². The number of amides is 2. The number of carbonyl (C=O) groups is 3. The lowest BCUT2D eigenvalue weighted by Gasteiger charge is -2.18. The highest BCUT2D eigenvalue weighted by atomic mass is 35.5. The van der Waals surface area contributed by atoms with Gasteiger partial charge in [-0.1, -0.05) is 35.3 Å². The van der Waals surface area contributed by atoms with Crippen molar-refractivity contribution in [1.82, 2.24) is 25.1 Å².